The molecule has 0 spiro atoms. The summed E-state index contributed by atoms with van der Waals surface area (Å²) in [6.45, 7) is 4.32. The highest BCUT2D eigenvalue weighted by Gasteiger charge is 2.19. The zero-order valence-electron chi connectivity index (χ0n) is 10.1. The maximum absolute atomic E-state index is 8.54. The molecule has 0 aromatic carbocycles. The highest BCUT2D eigenvalue weighted by atomic mass is 32.2. The number of nitrogens with zero attached hydrogens (tertiary/aromatic N) is 2. The van der Waals surface area contributed by atoms with Crippen LogP contribution in [-0.4, -0.2) is 47.1 Å². The summed E-state index contributed by atoms with van der Waals surface area (Å²) in [6, 6.07) is 0.861. The van der Waals surface area contributed by atoms with Gasteiger partial charge in [0.15, 0.2) is 0 Å². The Morgan fingerprint density at radius 1 is 1.60 bits per heavy atom. The molecule has 5 heteroatoms. The first-order valence-corrected chi connectivity index (χ1v) is 6.63. The average Bonchev–Trinajstić information content (AvgIpc) is 2.24. The molecule has 0 fully saturated rings. The molecule has 0 aliphatic rings. The Kier molecular flexibility index (Phi) is 7.60. The topological polar surface area (TPSA) is 61.9 Å². The van der Waals surface area contributed by atoms with Crippen LogP contribution >= 0.6 is 11.8 Å². The molecule has 0 saturated heterocycles. The van der Waals surface area contributed by atoms with Gasteiger partial charge in [-0.2, -0.15) is 11.8 Å². The van der Waals surface area contributed by atoms with Crippen LogP contribution in [0, 0.1) is 0 Å². The van der Waals surface area contributed by atoms with E-state index in [1.807, 2.05) is 11.8 Å². The second kappa shape index (κ2) is 7.82. The van der Waals surface area contributed by atoms with Gasteiger partial charge in [-0.15, -0.1) is 0 Å². The number of amidine groups is 1. The zero-order chi connectivity index (χ0) is 11.8. The SMILES string of the molecule is CCC(CC(N)=NO)N(C)C(C)CSC. The molecule has 0 amide bonds. The Morgan fingerprint density at radius 2 is 2.20 bits per heavy atom. The third kappa shape index (κ3) is 5.28. The van der Waals surface area contributed by atoms with Crippen LogP contribution in [0.15, 0.2) is 5.16 Å². The molecule has 4 nitrogen and oxygen atoms in total. The summed E-state index contributed by atoms with van der Waals surface area (Å²) in [7, 11) is 2.10. The third-order valence-corrected chi connectivity index (χ3v) is 3.54. The molecule has 0 rings (SSSR count). The van der Waals surface area contributed by atoms with E-state index in [4.69, 9.17) is 10.9 Å². The summed E-state index contributed by atoms with van der Waals surface area (Å²) in [6.07, 6.45) is 3.74. The average molecular weight is 233 g/mol. The maximum atomic E-state index is 8.54. The third-order valence-electron chi connectivity index (χ3n) is 2.72. The molecule has 0 aliphatic carbocycles. The Labute approximate surface area is 96.9 Å². The van der Waals surface area contributed by atoms with Gasteiger partial charge in [0.25, 0.3) is 0 Å². The molecule has 3 N–H and O–H groups in total. The predicted octanol–water partition coefficient (Wildman–Crippen LogP) is 1.58. The summed E-state index contributed by atoms with van der Waals surface area (Å²) in [5, 5.41) is 11.6. The summed E-state index contributed by atoms with van der Waals surface area (Å²) < 4.78 is 0. The summed E-state index contributed by atoms with van der Waals surface area (Å²) in [4.78, 5) is 2.30. The highest BCUT2D eigenvalue weighted by molar-refractivity contribution is 7.98. The molecule has 90 valence electrons. The van der Waals surface area contributed by atoms with Crippen molar-refractivity contribution in [1.29, 1.82) is 0 Å². The van der Waals surface area contributed by atoms with Gasteiger partial charge in [-0.1, -0.05) is 12.1 Å². The van der Waals surface area contributed by atoms with Crippen molar-refractivity contribution in [2.45, 2.75) is 38.8 Å². The Morgan fingerprint density at radius 3 is 2.60 bits per heavy atom. The van der Waals surface area contributed by atoms with Crippen molar-refractivity contribution in [3.63, 3.8) is 0 Å². The van der Waals surface area contributed by atoms with Crippen molar-refractivity contribution >= 4 is 17.6 Å². The normalized spacial score (nSPS) is 16.7. The van der Waals surface area contributed by atoms with Crippen LogP contribution in [-0.2, 0) is 0 Å². The summed E-state index contributed by atoms with van der Waals surface area (Å²) in [5.41, 5.74) is 5.53. The first-order chi connectivity index (χ1) is 7.06. The van der Waals surface area contributed by atoms with Crippen molar-refractivity contribution < 1.29 is 5.21 Å². The van der Waals surface area contributed by atoms with Gasteiger partial charge >= 0.3 is 0 Å². The maximum Gasteiger partial charge on any atom is 0.140 e. The van der Waals surface area contributed by atoms with E-state index in [1.54, 1.807) is 0 Å². The fourth-order valence-corrected chi connectivity index (χ4v) is 2.29. The van der Waals surface area contributed by atoms with Crippen LogP contribution in [0.5, 0.6) is 0 Å². The Balaban J connectivity index is 4.26. The number of nitrogens with two attached hydrogens (primary N) is 1. The van der Waals surface area contributed by atoms with E-state index < -0.39 is 0 Å². The van der Waals surface area contributed by atoms with Crippen molar-refractivity contribution in [3.8, 4) is 0 Å². The van der Waals surface area contributed by atoms with Gasteiger partial charge in [0.05, 0.1) is 0 Å². The molecule has 0 aromatic rings. The van der Waals surface area contributed by atoms with Gasteiger partial charge in [-0.05, 0) is 26.6 Å². The van der Waals surface area contributed by atoms with Crippen molar-refractivity contribution in [1.82, 2.24) is 4.90 Å². The lowest BCUT2D eigenvalue weighted by atomic mass is 10.1. The fourth-order valence-electron chi connectivity index (χ4n) is 1.58. The number of rotatable bonds is 7. The van der Waals surface area contributed by atoms with Crippen LogP contribution in [0.1, 0.15) is 26.7 Å². The van der Waals surface area contributed by atoms with Crippen molar-refractivity contribution in [3.05, 3.63) is 0 Å². The molecule has 0 aromatic heterocycles. The van der Waals surface area contributed by atoms with E-state index in [0.717, 1.165) is 12.2 Å². The first kappa shape index (κ1) is 14.6. The monoisotopic (exact) mass is 233 g/mol. The first-order valence-electron chi connectivity index (χ1n) is 5.24. The van der Waals surface area contributed by atoms with E-state index in [9.17, 15) is 0 Å². The van der Waals surface area contributed by atoms with E-state index in [-0.39, 0.29) is 0 Å². The van der Waals surface area contributed by atoms with Gasteiger partial charge in [0.2, 0.25) is 0 Å². The van der Waals surface area contributed by atoms with Gasteiger partial charge in [-0.25, -0.2) is 0 Å². The van der Waals surface area contributed by atoms with Crippen LogP contribution in [0.2, 0.25) is 0 Å². The van der Waals surface area contributed by atoms with Crippen LogP contribution in [0.25, 0.3) is 0 Å². The lowest BCUT2D eigenvalue weighted by Gasteiger charge is -2.32. The lowest BCUT2D eigenvalue weighted by Crippen LogP contribution is -2.41. The smallest absolute Gasteiger partial charge is 0.140 e. The Bertz CT molecular complexity index is 199. The molecule has 0 heterocycles. The molecule has 2 atom stereocenters. The van der Waals surface area contributed by atoms with E-state index in [0.29, 0.717) is 24.3 Å². The molecule has 0 radical (unpaired) electrons. The number of oxime groups is 1. The minimum atomic E-state index is 0.310. The largest absolute Gasteiger partial charge is 0.409 e. The minimum absolute atomic E-state index is 0.310. The van der Waals surface area contributed by atoms with E-state index in [1.165, 1.54) is 0 Å². The highest BCUT2D eigenvalue weighted by Crippen LogP contribution is 2.13. The zero-order valence-corrected chi connectivity index (χ0v) is 10.9. The second-order valence-corrected chi connectivity index (χ2v) is 4.74. The molecule has 0 bridgehead atoms. The molecule has 0 saturated carbocycles. The summed E-state index contributed by atoms with van der Waals surface area (Å²) in [5.74, 6) is 1.41. The molecule has 0 aliphatic heterocycles. The Hall–Kier alpha value is -0.420. The standard InChI is InChI=1S/C10H23N3OS/c1-5-9(6-10(11)12-14)13(3)8(2)7-15-4/h8-9,14H,5-7H2,1-4H3,(H2,11,12). The molecule has 2 unspecified atom stereocenters. The lowest BCUT2D eigenvalue weighted by molar-refractivity contribution is 0.195. The quantitative estimate of drug-likeness (QED) is 0.303. The van der Waals surface area contributed by atoms with Gasteiger partial charge in [-0.3, -0.25) is 4.90 Å². The minimum Gasteiger partial charge on any atom is -0.409 e. The van der Waals surface area contributed by atoms with Gasteiger partial charge in [0, 0.05) is 24.3 Å². The number of thioether (sulfide) groups is 1. The molecular weight excluding hydrogens is 210 g/mol. The molecule has 15 heavy (non-hydrogen) atoms. The van der Waals surface area contributed by atoms with Crippen LogP contribution < -0.4 is 5.73 Å². The van der Waals surface area contributed by atoms with E-state index in [2.05, 4.69) is 37.2 Å². The van der Waals surface area contributed by atoms with Crippen molar-refractivity contribution in [2.24, 2.45) is 10.9 Å². The van der Waals surface area contributed by atoms with Gasteiger partial charge in [0.1, 0.15) is 5.84 Å². The van der Waals surface area contributed by atoms with E-state index >= 15 is 0 Å². The predicted molar refractivity (Wildman–Crippen MR) is 67.7 cm³/mol. The second-order valence-electron chi connectivity index (χ2n) is 3.83. The molecular formula is C10H23N3OS. The number of hydrogen-bond acceptors (Lipinski definition) is 4. The van der Waals surface area contributed by atoms with Crippen LogP contribution in [0.3, 0.4) is 0 Å². The van der Waals surface area contributed by atoms with Gasteiger partial charge < -0.3 is 10.9 Å². The fraction of sp³-hybridized carbons (Fsp3) is 0.900. The van der Waals surface area contributed by atoms with Crippen LogP contribution in [0.4, 0.5) is 0 Å². The van der Waals surface area contributed by atoms with Crippen molar-refractivity contribution in [2.75, 3.05) is 19.1 Å². The summed E-state index contributed by atoms with van der Waals surface area (Å²) >= 11 is 1.84. The number of hydrogen-bond donors (Lipinski definition) is 2.